The minimum atomic E-state index is 0.494. The Balaban J connectivity index is 2.36. The maximum Gasteiger partial charge on any atom is 0.165 e. The van der Waals surface area contributed by atoms with Gasteiger partial charge in [-0.2, -0.15) is 9.78 Å². The van der Waals surface area contributed by atoms with Crippen molar-refractivity contribution >= 4 is 11.0 Å². The molecule has 3 rings (SSSR count). The summed E-state index contributed by atoms with van der Waals surface area (Å²) in [7, 11) is 0. The minimum Gasteiger partial charge on any atom is -0.326 e. The molecule has 0 amide bonds. The van der Waals surface area contributed by atoms with Crippen LogP contribution in [0.4, 0.5) is 0 Å². The number of pyridine rings is 2. The zero-order valence-corrected chi connectivity index (χ0v) is 12.8. The first-order chi connectivity index (χ1) is 10.0. The molecule has 0 fully saturated rings. The monoisotopic (exact) mass is 281 g/mol. The molecule has 3 heterocycles. The number of aromatic nitrogens is 4. The van der Waals surface area contributed by atoms with Crippen LogP contribution in [0.2, 0.25) is 0 Å². The van der Waals surface area contributed by atoms with Crippen molar-refractivity contribution in [2.24, 2.45) is 5.73 Å². The molecule has 0 unspecified atom stereocenters. The van der Waals surface area contributed by atoms with Crippen LogP contribution in [0.1, 0.15) is 28.2 Å². The second kappa shape index (κ2) is 4.93. The first-order valence-electron chi connectivity index (χ1n) is 7.02. The summed E-state index contributed by atoms with van der Waals surface area (Å²) in [6.07, 6.45) is 0. The molecule has 5 heteroatoms. The van der Waals surface area contributed by atoms with Gasteiger partial charge >= 0.3 is 0 Å². The van der Waals surface area contributed by atoms with Crippen LogP contribution < -0.4 is 5.73 Å². The highest BCUT2D eigenvalue weighted by atomic mass is 15.3. The molecule has 0 saturated carbocycles. The standard InChI is InChI=1S/C16H19N5/c1-9-6-5-7-14(18-9)21-16-15(12(4)20-21)10(2)13(8-17)11(3)19-16/h5-7H,8,17H2,1-4H3. The fraction of sp³-hybridized carbons (Fsp3) is 0.312. The number of aryl methyl sites for hydroxylation is 4. The van der Waals surface area contributed by atoms with E-state index in [1.54, 1.807) is 0 Å². The van der Waals surface area contributed by atoms with Crippen molar-refractivity contribution < 1.29 is 0 Å². The Hall–Kier alpha value is -2.27. The van der Waals surface area contributed by atoms with E-state index in [-0.39, 0.29) is 0 Å². The van der Waals surface area contributed by atoms with Gasteiger partial charge in [0.05, 0.1) is 5.69 Å². The van der Waals surface area contributed by atoms with Crippen molar-refractivity contribution in [2.75, 3.05) is 0 Å². The van der Waals surface area contributed by atoms with Crippen LogP contribution in [0.25, 0.3) is 16.9 Å². The van der Waals surface area contributed by atoms with Crippen LogP contribution in [0, 0.1) is 27.7 Å². The van der Waals surface area contributed by atoms with Crippen LogP contribution in [-0.4, -0.2) is 19.7 Å². The first-order valence-corrected chi connectivity index (χ1v) is 7.02. The molecule has 5 nitrogen and oxygen atoms in total. The summed E-state index contributed by atoms with van der Waals surface area (Å²) in [5.74, 6) is 0.792. The Morgan fingerprint density at radius 2 is 1.81 bits per heavy atom. The maximum absolute atomic E-state index is 5.85. The predicted molar refractivity (Wildman–Crippen MR) is 83.5 cm³/mol. The molecule has 0 atom stereocenters. The molecule has 0 aliphatic heterocycles. The van der Waals surface area contributed by atoms with Crippen LogP contribution in [0.5, 0.6) is 0 Å². The van der Waals surface area contributed by atoms with Gasteiger partial charge in [-0.3, -0.25) is 0 Å². The number of nitrogens with two attached hydrogens (primary N) is 1. The summed E-state index contributed by atoms with van der Waals surface area (Å²) in [4.78, 5) is 9.26. The van der Waals surface area contributed by atoms with Gasteiger partial charge in [0.2, 0.25) is 0 Å². The molecule has 0 aromatic carbocycles. The van der Waals surface area contributed by atoms with Crippen LogP contribution in [0.3, 0.4) is 0 Å². The number of rotatable bonds is 2. The molecule has 0 bridgehead atoms. The third kappa shape index (κ3) is 2.10. The highest BCUT2D eigenvalue weighted by Gasteiger charge is 2.17. The number of hydrogen-bond donors (Lipinski definition) is 1. The van der Waals surface area contributed by atoms with Crippen molar-refractivity contribution in [1.29, 1.82) is 0 Å². The molecule has 3 aromatic rings. The molecule has 0 aliphatic rings. The largest absolute Gasteiger partial charge is 0.326 e. The Labute approximate surface area is 123 Å². The number of nitrogens with zero attached hydrogens (tertiary/aromatic N) is 4. The van der Waals surface area contributed by atoms with E-state index in [4.69, 9.17) is 10.7 Å². The topological polar surface area (TPSA) is 69.6 Å². The molecule has 3 aromatic heterocycles. The first kappa shape index (κ1) is 13.7. The van der Waals surface area contributed by atoms with Crippen molar-refractivity contribution in [2.45, 2.75) is 34.2 Å². The normalized spacial score (nSPS) is 11.3. The third-order valence-corrected chi connectivity index (χ3v) is 3.87. The lowest BCUT2D eigenvalue weighted by molar-refractivity contribution is 0.838. The summed E-state index contributed by atoms with van der Waals surface area (Å²) in [5.41, 5.74) is 11.8. The Bertz CT molecular complexity index is 832. The number of hydrogen-bond acceptors (Lipinski definition) is 4. The molecule has 2 N–H and O–H groups in total. The molecule has 0 radical (unpaired) electrons. The SMILES string of the molecule is Cc1cccc(-n2nc(C)c3c(C)c(CN)c(C)nc32)n1. The Kier molecular flexibility index (Phi) is 3.22. The van der Waals surface area contributed by atoms with Crippen LogP contribution in [-0.2, 0) is 6.54 Å². The second-order valence-corrected chi connectivity index (χ2v) is 5.34. The lowest BCUT2D eigenvalue weighted by Gasteiger charge is -2.09. The Morgan fingerprint density at radius 1 is 1.05 bits per heavy atom. The molecule has 108 valence electrons. The average Bonchev–Trinajstić information content (AvgIpc) is 2.76. The van der Waals surface area contributed by atoms with Crippen molar-refractivity contribution in [3.63, 3.8) is 0 Å². The average molecular weight is 281 g/mol. The van der Waals surface area contributed by atoms with E-state index in [1.807, 2.05) is 43.7 Å². The smallest absolute Gasteiger partial charge is 0.165 e. The highest BCUT2D eigenvalue weighted by Crippen LogP contribution is 2.26. The fourth-order valence-corrected chi connectivity index (χ4v) is 2.81. The van der Waals surface area contributed by atoms with Gasteiger partial charge < -0.3 is 5.73 Å². The van der Waals surface area contributed by atoms with Gasteiger partial charge in [-0.25, -0.2) is 9.97 Å². The summed E-state index contributed by atoms with van der Waals surface area (Å²) in [6, 6.07) is 5.90. The van der Waals surface area contributed by atoms with Gasteiger partial charge in [0, 0.05) is 23.3 Å². The maximum atomic E-state index is 5.85. The zero-order valence-electron chi connectivity index (χ0n) is 12.8. The summed E-state index contributed by atoms with van der Waals surface area (Å²) < 4.78 is 1.82. The van der Waals surface area contributed by atoms with Crippen LogP contribution in [0.15, 0.2) is 18.2 Å². The lowest BCUT2D eigenvalue weighted by atomic mass is 10.0. The van der Waals surface area contributed by atoms with Gasteiger partial charge in [0.1, 0.15) is 0 Å². The van der Waals surface area contributed by atoms with E-state index in [1.165, 1.54) is 0 Å². The predicted octanol–water partition coefficient (Wildman–Crippen LogP) is 2.51. The second-order valence-electron chi connectivity index (χ2n) is 5.34. The third-order valence-electron chi connectivity index (χ3n) is 3.87. The van der Waals surface area contributed by atoms with E-state index >= 15 is 0 Å². The highest BCUT2D eigenvalue weighted by molar-refractivity contribution is 5.84. The molecular formula is C16H19N5. The number of fused-ring (bicyclic) bond motifs is 1. The lowest BCUT2D eigenvalue weighted by Crippen LogP contribution is -2.06. The van der Waals surface area contributed by atoms with Gasteiger partial charge in [-0.05, 0) is 51.0 Å². The molecule has 0 spiro atoms. The Morgan fingerprint density at radius 3 is 2.48 bits per heavy atom. The fourth-order valence-electron chi connectivity index (χ4n) is 2.81. The molecule has 0 saturated heterocycles. The molecule has 0 aliphatic carbocycles. The van der Waals surface area contributed by atoms with E-state index in [0.29, 0.717) is 6.54 Å². The van der Waals surface area contributed by atoms with Crippen molar-refractivity contribution in [1.82, 2.24) is 19.7 Å². The quantitative estimate of drug-likeness (QED) is 0.783. The molecule has 21 heavy (non-hydrogen) atoms. The van der Waals surface area contributed by atoms with Gasteiger partial charge in [-0.15, -0.1) is 0 Å². The van der Waals surface area contributed by atoms with Gasteiger partial charge in [0.15, 0.2) is 11.5 Å². The van der Waals surface area contributed by atoms with Gasteiger partial charge in [0.25, 0.3) is 0 Å². The van der Waals surface area contributed by atoms with Crippen molar-refractivity contribution in [3.8, 4) is 5.82 Å². The van der Waals surface area contributed by atoms with Crippen molar-refractivity contribution in [3.05, 3.63) is 46.4 Å². The summed E-state index contributed by atoms with van der Waals surface area (Å²) in [5, 5.41) is 5.70. The minimum absolute atomic E-state index is 0.494. The van der Waals surface area contributed by atoms with E-state index in [0.717, 1.165) is 45.1 Å². The van der Waals surface area contributed by atoms with E-state index in [2.05, 4.69) is 17.0 Å². The summed E-state index contributed by atoms with van der Waals surface area (Å²) in [6.45, 7) is 8.54. The van der Waals surface area contributed by atoms with Gasteiger partial charge in [-0.1, -0.05) is 6.07 Å². The van der Waals surface area contributed by atoms with E-state index in [9.17, 15) is 0 Å². The summed E-state index contributed by atoms with van der Waals surface area (Å²) >= 11 is 0. The van der Waals surface area contributed by atoms with Crippen LogP contribution >= 0.6 is 0 Å². The zero-order chi connectivity index (χ0) is 15.1. The van der Waals surface area contributed by atoms with E-state index < -0.39 is 0 Å². The molecular weight excluding hydrogens is 262 g/mol.